The molecule has 2 aromatic carbocycles. The van der Waals surface area contributed by atoms with E-state index in [1.807, 2.05) is 13.0 Å². The first-order valence-electron chi connectivity index (χ1n) is 6.16. The van der Waals surface area contributed by atoms with Gasteiger partial charge in [0.1, 0.15) is 23.7 Å². The summed E-state index contributed by atoms with van der Waals surface area (Å²) in [5.41, 5.74) is 1.01. The van der Waals surface area contributed by atoms with E-state index < -0.39 is 5.97 Å². The number of carbonyl (C=O) groups excluding carboxylic acids is 1. The van der Waals surface area contributed by atoms with E-state index in [-0.39, 0.29) is 24.5 Å². The fourth-order valence-electron chi connectivity index (χ4n) is 2.12. The highest BCUT2D eigenvalue weighted by Gasteiger charge is 2.18. The fraction of sp³-hybridized carbons (Fsp3) is 0.267. The Morgan fingerprint density at radius 2 is 2.00 bits per heavy atom. The molecule has 0 aliphatic carbocycles. The number of phenols is 1. The summed E-state index contributed by atoms with van der Waals surface area (Å²) in [5.74, 6) is -0.236. The molecule has 0 aliphatic heterocycles. The Labute approximate surface area is 116 Å². The molecule has 0 amide bonds. The maximum atomic E-state index is 12.0. The van der Waals surface area contributed by atoms with Crippen LogP contribution in [0.5, 0.6) is 11.5 Å². The molecule has 0 radical (unpaired) electrons. The van der Waals surface area contributed by atoms with Crippen molar-refractivity contribution >= 4 is 16.7 Å². The zero-order chi connectivity index (χ0) is 14.7. The Morgan fingerprint density at radius 3 is 2.65 bits per heavy atom. The van der Waals surface area contributed by atoms with Crippen LogP contribution in [0.3, 0.4) is 0 Å². The molecule has 2 N–H and O–H groups in total. The van der Waals surface area contributed by atoms with Crippen molar-refractivity contribution in [2.75, 3.05) is 20.3 Å². The van der Waals surface area contributed by atoms with E-state index in [0.29, 0.717) is 11.1 Å². The van der Waals surface area contributed by atoms with Gasteiger partial charge in [0.15, 0.2) is 0 Å². The number of ether oxygens (including phenoxy) is 2. The van der Waals surface area contributed by atoms with Gasteiger partial charge in [-0.2, -0.15) is 0 Å². The molecular formula is C15H16O5. The van der Waals surface area contributed by atoms with E-state index in [1.165, 1.54) is 13.2 Å². The molecule has 0 saturated heterocycles. The summed E-state index contributed by atoms with van der Waals surface area (Å²) in [6.45, 7) is 1.52. The van der Waals surface area contributed by atoms with Crippen molar-refractivity contribution in [2.45, 2.75) is 6.92 Å². The molecule has 5 heteroatoms. The van der Waals surface area contributed by atoms with Gasteiger partial charge in [-0.25, -0.2) is 4.79 Å². The number of rotatable bonds is 4. The van der Waals surface area contributed by atoms with Crippen molar-refractivity contribution in [1.29, 1.82) is 0 Å². The van der Waals surface area contributed by atoms with Gasteiger partial charge >= 0.3 is 5.97 Å². The lowest BCUT2D eigenvalue weighted by Gasteiger charge is -2.12. The third kappa shape index (κ3) is 2.53. The van der Waals surface area contributed by atoms with Gasteiger partial charge in [-0.3, -0.25) is 0 Å². The first-order valence-corrected chi connectivity index (χ1v) is 6.16. The average molecular weight is 276 g/mol. The van der Waals surface area contributed by atoms with Crippen LogP contribution in [0.15, 0.2) is 24.3 Å². The Kier molecular flexibility index (Phi) is 4.10. The molecule has 0 bridgehead atoms. The summed E-state index contributed by atoms with van der Waals surface area (Å²) in [4.78, 5) is 12.0. The van der Waals surface area contributed by atoms with Crippen molar-refractivity contribution in [3.05, 3.63) is 35.4 Å². The van der Waals surface area contributed by atoms with Crippen molar-refractivity contribution in [2.24, 2.45) is 0 Å². The van der Waals surface area contributed by atoms with Crippen molar-refractivity contribution < 1.29 is 24.5 Å². The highest BCUT2D eigenvalue weighted by Crippen LogP contribution is 2.32. The highest BCUT2D eigenvalue weighted by molar-refractivity contribution is 6.08. The summed E-state index contributed by atoms with van der Waals surface area (Å²) in [6, 6.07) is 6.72. The van der Waals surface area contributed by atoms with Gasteiger partial charge in [-0.1, -0.05) is 6.07 Å². The third-order valence-corrected chi connectivity index (χ3v) is 3.06. The molecule has 5 nitrogen and oxygen atoms in total. The Morgan fingerprint density at radius 1 is 1.25 bits per heavy atom. The van der Waals surface area contributed by atoms with Crippen molar-refractivity contribution in [3.63, 3.8) is 0 Å². The van der Waals surface area contributed by atoms with E-state index in [9.17, 15) is 9.90 Å². The van der Waals surface area contributed by atoms with Crippen LogP contribution in [0.25, 0.3) is 10.8 Å². The molecule has 0 fully saturated rings. The van der Waals surface area contributed by atoms with Gasteiger partial charge < -0.3 is 19.7 Å². The number of aliphatic hydroxyl groups is 1. The molecule has 20 heavy (non-hydrogen) atoms. The molecule has 2 rings (SSSR count). The van der Waals surface area contributed by atoms with Crippen molar-refractivity contribution in [3.8, 4) is 11.5 Å². The summed E-state index contributed by atoms with van der Waals surface area (Å²) >= 11 is 0. The lowest BCUT2D eigenvalue weighted by molar-refractivity contribution is 0.0433. The maximum absolute atomic E-state index is 12.0. The number of carbonyl (C=O) groups is 1. The SMILES string of the molecule is COc1cc(C)c2ccc(O)c(C(=O)OCCO)c2c1. The molecule has 106 valence electrons. The number of phenolic OH excluding ortho intramolecular Hbond substituents is 1. The predicted molar refractivity (Wildman–Crippen MR) is 74.3 cm³/mol. The van der Waals surface area contributed by atoms with Crippen LogP contribution in [0, 0.1) is 6.92 Å². The minimum Gasteiger partial charge on any atom is -0.507 e. The van der Waals surface area contributed by atoms with Crippen molar-refractivity contribution in [1.82, 2.24) is 0 Å². The number of hydrogen-bond donors (Lipinski definition) is 2. The molecule has 0 aromatic heterocycles. The number of methoxy groups -OCH3 is 1. The average Bonchev–Trinajstić information content (AvgIpc) is 2.44. The number of fused-ring (bicyclic) bond motifs is 1. The molecule has 2 aromatic rings. The second kappa shape index (κ2) is 5.79. The van der Waals surface area contributed by atoms with Gasteiger partial charge in [-0.05, 0) is 36.1 Å². The molecule has 0 atom stereocenters. The standard InChI is InChI=1S/C15H16O5/c1-9-7-10(19-2)8-12-11(9)3-4-13(17)14(12)15(18)20-6-5-16/h3-4,7-8,16-17H,5-6H2,1-2H3. The van der Waals surface area contributed by atoms with Gasteiger partial charge in [0.05, 0.1) is 13.7 Å². The lowest BCUT2D eigenvalue weighted by atomic mass is 9.99. The monoisotopic (exact) mass is 276 g/mol. The lowest BCUT2D eigenvalue weighted by Crippen LogP contribution is -2.09. The van der Waals surface area contributed by atoms with E-state index in [1.54, 1.807) is 12.1 Å². The molecule has 0 aliphatic rings. The molecule has 0 spiro atoms. The van der Waals surface area contributed by atoms with Crippen LogP contribution in [-0.2, 0) is 4.74 Å². The van der Waals surface area contributed by atoms with Gasteiger partial charge in [0.25, 0.3) is 0 Å². The Hall–Kier alpha value is -2.27. The number of esters is 1. The van der Waals surface area contributed by atoms with E-state index >= 15 is 0 Å². The predicted octanol–water partition coefficient (Wildman–Crippen LogP) is 2.01. The fourth-order valence-corrected chi connectivity index (χ4v) is 2.12. The van der Waals surface area contributed by atoms with E-state index in [0.717, 1.165) is 10.9 Å². The van der Waals surface area contributed by atoms with Crippen LogP contribution in [0.4, 0.5) is 0 Å². The Balaban J connectivity index is 2.65. The largest absolute Gasteiger partial charge is 0.507 e. The molecule has 0 saturated carbocycles. The number of aryl methyl sites for hydroxylation is 1. The third-order valence-electron chi connectivity index (χ3n) is 3.06. The second-order valence-electron chi connectivity index (χ2n) is 4.36. The van der Waals surface area contributed by atoms with Gasteiger partial charge in [0, 0.05) is 5.39 Å². The number of hydrogen-bond acceptors (Lipinski definition) is 5. The van der Waals surface area contributed by atoms with Crippen LogP contribution in [-0.4, -0.2) is 36.5 Å². The highest BCUT2D eigenvalue weighted by atomic mass is 16.5. The van der Waals surface area contributed by atoms with Gasteiger partial charge in [0.2, 0.25) is 0 Å². The van der Waals surface area contributed by atoms with Crippen LogP contribution in [0.1, 0.15) is 15.9 Å². The van der Waals surface area contributed by atoms with E-state index in [2.05, 4.69) is 0 Å². The number of aromatic hydroxyl groups is 1. The second-order valence-corrected chi connectivity index (χ2v) is 4.36. The summed E-state index contributed by atoms with van der Waals surface area (Å²) < 4.78 is 10.1. The smallest absolute Gasteiger partial charge is 0.342 e. The molecular weight excluding hydrogens is 260 g/mol. The van der Waals surface area contributed by atoms with Crippen LogP contribution in [0.2, 0.25) is 0 Å². The summed E-state index contributed by atoms with van der Waals surface area (Å²) in [5, 5.41) is 20.0. The number of benzene rings is 2. The Bertz CT molecular complexity index is 648. The summed E-state index contributed by atoms with van der Waals surface area (Å²) in [7, 11) is 1.53. The van der Waals surface area contributed by atoms with Crippen LogP contribution < -0.4 is 4.74 Å². The first-order chi connectivity index (χ1) is 9.58. The van der Waals surface area contributed by atoms with Gasteiger partial charge in [-0.15, -0.1) is 0 Å². The zero-order valence-electron chi connectivity index (χ0n) is 11.3. The van der Waals surface area contributed by atoms with Crippen LogP contribution >= 0.6 is 0 Å². The normalized spacial score (nSPS) is 10.6. The molecule has 0 unspecified atom stereocenters. The minimum absolute atomic E-state index is 0.0814. The van der Waals surface area contributed by atoms with E-state index in [4.69, 9.17) is 14.6 Å². The summed E-state index contributed by atoms with van der Waals surface area (Å²) in [6.07, 6.45) is 0. The quantitative estimate of drug-likeness (QED) is 0.835. The zero-order valence-corrected chi connectivity index (χ0v) is 11.3. The first kappa shape index (κ1) is 14.1. The molecule has 0 heterocycles. The number of aliphatic hydroxyl groups excluding tert-OH is 1. The minimum atomic E-state index is -0.671. The topological polar surface area (TPSA) is 76.0 Å². The maximum Gasteiger partial charge on any atom is 0.342 e.